The minimum absolute atomic E-state index is 0.142. The normalized spacial score (nSPS) is 12.2. The number of benzene rings is 1. The standard InChI is InChI=1S/C21H32N2O5/c1-15(2)12-17(23(6)20(26)28-21(3,4)5)19(25)22-13-18(24)27-14-16-10-8-7-9-11-16/h7-11,15,17H,12-14H2,1-6H3,(H,22,25)/t17-/m0/s1. The van der Waals surface area contributed by atoms with E-state index in [0.29, 0.717) is 6.42 Å². The van der Waals surface area contributed by atoms with Crippen LogP contribution in [0.3, 0.4) is 0 Å². The molecule has 0 heterocycles. The number of carbonyl (C=O) groups excluding carboxylic acids is 3. The van der Waals surface area contributed by atoms with E-state index >= 15 is 0 Å². The molecule has 0 saturated heterocycles. The molecule has 0 spiro atoms. The maximum absolute atomic E-state index is 12.6. The number of rotatable bonds is 8. The van der Waals surface area contributed by atoms with E-state index in [1.165, 1.54) is 11.9 Å². The average Bonchev–Trinajstić information content (AvgIpc) is 2.61. The Bertz CT molecular complexity index is 653. The van der Waals surface area contributed by atoms with Crippen LogP contribution in [0.25, 0.3) is 0 Å². The molecule has 7 heteroatoms. The Morgan fingerprint density at radius 3 is 2.25 bits per heavy atom. The Morgan fingerprint density at radius 1 is 1.11 bits per heavy atom. The first kappa shape index (κ1) is 23.5. The summed E-state index contributed by atoms with van der Waals surface area (Å²) in [5, 5.41) is 2.56. The van der Waals surface area contributed by atoms with Crippen LogP contribution in [0.15, 0.2) is 30.3 Å². The molecule has 2 amide bonds. The quantitative estimate of drug-likeness (QED) is 0.687. The number of nitrogens with one attached hydrogen (secondary N) is 1. The lowest BCUT2D eigenvalue weighted by Gasteiger charge is -2.30. The van der Waals surface area contributed by atoms with Gasteiger partial charge < -0.3 is 14.8 Å². The molecule has 0 aliphatic rings. The first-order valence-corrected chi connectivity index (χ1v) is 9.42. The van der Waals surface area contributed by atoms with Crippen molar-refractivity contribution in [3.05, 3.63) is 35.9 Å². The molecular formula is C21H32N2O5. The molecule has 1 rings (SSSR count). The Kier molecular flexibility index (Phi) is 8.96. The van der Waals surface area contributed by atoms with Gasteiger partial charge in [0.05, 0.1) is 0 Å². The van der Waals surface area contributed by atoms with Crippen LogP contribution in [0.1, 0.15) is 46.6 Å². The molecule has 7 nitrogen and oxygen atoms in total. The third-order valence-corrected chi connectivity index (χ3v) is 3.80. The Hall–Kier alpha value is -2.57. The summed E-state index contributed by atoms with van der Waals surface area (Å²) in [6.07, 6.45) is -0.138. The van der Waals surface area contributed by atoms with E-state index in [-0.39, 0.29) is 19.1 Å². The fraction of sp³-hybridized carbons (Fsp3) is 0.571. The van der Waals surface area contributed by atoms with Crippen molar-refractivity contribution in [2.24, 2.45) is 5.92 Å². The predicted octanol–water partition coefficient (Wildman–Crippen LogP) is 3.13. The van der Waals surface area contributed by atoms with Gasteiger partial charge in [0.1, 0.15) is 24.8 Å². The lowest BCUT2D eigenvalue weighted by molar-refractivity contribution is -0.145. The summed E-state index contributed by atoms with van der Waals surface area (Å²) in [4.78, 5) is 38.1. The van der Waals surface area contributed by atoms with Gasteiger partial charge in [0.2, 0.25) is 5.91 Å². The van der Waals surface area contributed by atoms with Gasteiger partial charge in [-0.05, 0) is 38.7 Å². The van der Waals surface area contributed by atoms with E-state index in [1.807, 2.05) is 44.2 Å². The number of hydrogen-bond donors (Lipinski definition) is 1. The Balaban J connectivity index is 2.61. The molecule has 0 fully saturated rings. The van der Waals surface area contributed by atoms with Crippen molar-refractivity contribution in [2.45, 2.75) is 59.3 Å². The fourth-order valence-corrected chi connectivity index (χ4v) is 2.41. The summed E-state index contributed by atoms with van der Waals surface area (Å²) < 4.78 is 10.5. The van der Waals surface area contributed by atoms with Gasteiger partial charge in [-0.2, -0.15) is 0 Å². The molecule has 0 radical (unpaired) electrons. The summed E-state index contributed by atoms with van der Waals surface area (Å²) in [6, 6.07) is 8.54. The van der Waals surface area contributed by atoms with E-state index in [9.17, 15) is 14.4 Å². The predicted molar refractivity (Wildman–Crippen MR) is 106 cm³/mol. The minimum Gasteiger partial charge on any atom is -0.460 e. The number of likely N-dealkylation sites (N-methyl/N-ethyl adjacent to an activating group) is 1. The molecule has 156 valence electrons. The SMILES string of the molecule is CC(C)C[C@@H](C(=O)NCC(=O)OCc1ccccc1)N(C)C(=O)OC(C)(C)C. The van der Waals surface area contributed by atoms with Crippen molar-refractivity contribution in [1.82, 2.24) is 10.2 Å². The number of esters is 1. The first-order chi connectivity index (χ1) is 13.0. The summed E-state index contributed by atoms with van der Waals surface area (Å²) >= 11 is 0. The van der Waals surface area contributed by atoms with Crippen LogP contribution in [-0.2, 0) is 25.7 Å². The minimum atomic E-state index is -0.739. The van der Waals surface area contributed by atoms with Crippen LogP contribution >= 0.6 is 0 Å². The van der Waals surface area contributed by atoms with Crippen LogP contribution in [-0.4, -0.2) is 48.1 Å². The molecule has 0 saturated carbocycles. The van der Waals surface area contributed by atoms with Crippen LogP contribution in [0.5, 0.6) is 0 Å². The number of ether oxygens (including phenoxy) is 2. The van der Waals surface area contributed by atoms with Gasteiger partial charge in [-0.15, -0.1) is 0 Å². The highest BCUT2D eigenvalue weighted by molar-refractivity contribution is 5.88. The van der Waals surface area contributed by atoms with Crippen molar-refractivity contribution in [3.63, 3.8) is 0 Å². The monoisotopic (exact) mass is 392 g/mol. The molecule has 28 heavy (non-hydrogen) atoms. The van der Waals surface area contributed by atoms with Crippen LogP contribution < -0.4 is 5.32 Å². The molecule has 0 unspecified atom stereocenters. The maximum Gasteiger partial charge on any atom is 0.410 e. The smallest absolute Gasteiger partial charge is 0.410 e. The van der Waals surface area contributed by atoms with Gasteiger partial charge in [0.15, 0.2) is 0 Å². The fourth-order valence-electron chi connectivity index (χ4n) is 2.41. The van der Waals surface area contributed by atoms with Crippen LogP contribution in [0.2, 0.25) is 0 Å². The highest BCUT2D eigenvalue weighted by atomic mass is 16.6. The van der Waals surface area contributed by atoms with E-state index in [2.05, 4.69) is 5.32 Å². The Morgan fingerprint density at radius 2 is 1.71 bits per heavy atom. The maximum atomic E-state index is 12.6. The van der Waals surface area contributed by atoms with Crippen LogP contribution in [0.4, 0.5) is 4.79 Å². The van der Waals surface area contributed by atoms with Crippen molar-refractivity contribution >= 4 is 18.0 Å². The van der Waals surface area contributed by atoms with Gasteiger partial charge in [-0.25, -0.2) is 4.79 Å². The van der Waals surface area contributed by atoms with Gasteiger partial charge in [-0.3, -0.25) is 14.5 Å². The number of carbonyl (C=O) groups is 3. The molecule has 1 aromatic rings. The zero-order valence-corrected chi connectivity index (χ0v) is 17.7. The first-order valence-electron chi connectivity index (χ1n) is 9.42. The summed E-state index contributed by atoms with van der Waals surface area (Å²) in [5.41, 5.74) is 0.204. The van der Waals surface area contributed by atoms with E-state index in [1.54, 1.807) is 20.8 Å². The molecule has 1 N–H and O–H groups in total. The molecule has 0 aromatic heterocycles. The third-order valence-electron chi connectivity index (χ3n) is 3.80. The second-order valence-electron chi connectivity index (χ2n) is 8.10. The molecule has 1 aromatic carbocycles. The number of hydrogen-bond acceptors (Lipinski definition) is 5. The summed E-state index contributed by atoms with van der Waals surface area (Å²) in [7, 11) is 1.52. The Labute approximate surface area is 167 Å². The molecule has 1 atom stereocenters. The average molecular weight is 392 g/mol. The highest BCUT2D eigenvalue weighted by Gasteiger charge is 2.31. The molecule has 0 aliphatic carbocycles. The lowest BCUT2D eigenvalue weighted by Crippen LogP contribution is -2.50. The molecule has 0 aliphatic heterocycles. The zero-order valence-electron chi connectivity index (χ0n) is 17.7. The lowest BCUT2D eigenvalue weighted by atomic mass is 10.0. The molecule has 0 bridgehead atoms. The van der Waals surface area contributed by atoms with Crippen molar-refractivity contribution in [1.29, 1.82) is 0 Å². The molecular weight excluding hydrogens is 360 g/mol. The van der Waals surface area contributed by atoms with Gasteiger partial charge in [0.25, 0.3) is 0 Å². The zero-order chi connectivity index (χ0) is 21.3. The van der Waals surface area contributed by atoms with Gasteiger partial charge >= 0.3 is 12.1 Å². The summed E-state index contributed by atoms with van der Waals surface area (Å²) in [6.45, 7) is 9.08. The number of amides is 2. The van der Waals surface area contributed by atoms with Crippen molar-refractivity contribution in [2.75, 3.05) is 13.6 Å². The third kappa shape index (κ3) is 8.88. The topological polar surface area (TPSA) is 84.9 Å². The van der Waals surface area contributed by atoms with Crippen molar-refractivity contribution in [3.8, 4) is 0 Å². The second-order valence-corrected chi connectivity index (χ2v) is 8.10. The summed E-state index contributed by atoms with van der Waals surface area (Å²) in [5.74, 6) is -0.787. The van der Waals surface area contributed by atoms with Gasteiger partial charge in [0, 0.05) is 7.05 Å². The van der Waals surface area contributed by atoms with Crippen LogP contribution in [0, 0.1) is 5.92 Å². The van der Waals surface area contributed by atoms with E-state index in [4.69, 9.17) is 9.47 Å². The largest absolute Gasteiger partial charge is 0.460 e. The van der Waals surface area contributed by atoms with Gasteiger partial charge in [-0.1, -0.05) is 44.2 Å². The van der Waals surface area contributed by atoms with Crippen molar-refractivity contribution < 1.29 is 23.9 Å². The highest BCUT2D eigenvalue weighted by Crippen LogP contribution is 2.15. The second kappa shape index (κ2) is 10.7. The van der Waals surface area contributed by atoms with E-state index in [0.717, 1.165) is 5.56 Å². The van der Waals surface area contributed by atoms with E-state index < -0.39 is 29.6 Å². The number of nitrogens with zero attached hydrogens (tertiary/aromatic N) is 1.